The van der Waals surface area contributed by atoms with Crippen LogP contribution in [0.4, 0.5) is 4.39 Å². The summed E-state index contributed by atoms with van der Waals surface area (Å²) in [6.45, 7) is 10.2. The molecule has 1 rings (SSSR count). The predicted octanol–water partition coefficient (Wildman–Crippen LogP) is 3.17. The summed E-state index contributed by atoms with van der Waals surface area (Å²) in [6, 6.07) is 3.80. The van der Waals surface area contributed by atoms with Crippen LogP contribution < -0.4 is 9.46 Å². The van der Waals surface area contributed by atoms with Crippen LogP contribution in [0.1, 0.15) is 39.3 Å². The van der Waals surface area contributed by atoms with Crippen LogP contribution >= 0.6 is 0 Å². The van der Waals surface area contributed by atoms with Gasteiger partial charge in [-0.3, -0.25) is 0 Å². The number of nitrogens with one attached hydrogen (secondary N) is 1. The molecule has 6 heteroatoms. The Hall–Kier alpha value is -1.40. The summed E-state index contributed by atoms with van der Waals surface area (Å²) in [5.41, 5.74) is 0.628. The number of hydrogen-bond acceptors (Lipinski definition) is 3. The van der Waals surface area contributed by atoms with Gasteiger partial charge in [0.25, 0.3) is 0 Å². The molecule has 0 aliphatic rings. The number of benzene rings is 1. The molecule has 21 heavy (non-hydrogen) atoms. The van der Waals surface area contributed by atoms with E-state index in [2.05, 4.69) is 11.3 Å². The minimum Gasteiger partial charge on any atom is -0.486 e. The van der Waals surface area contributed by atoms with Crippen molar-refractivity contribution >= 4 is 10.0 Å². The van der Waals surface area contributed by atoms with Crippen molar-refractivity contribution in [3.8, 4) is 5.75 Å². The fourth-order valence-corrected chi connectivity index (χ4v) is 2.48. The van der Waals surface area contributed by atoms with E-state index in [0.29, 0.717) is 5.56 Å². The minimum atomic E-state index is -3.49. The first-order valence-electron chi connectivity index (χ1n) is 6.63. The van der Waals surface area contributed by atoms with Gasteiger partial charge in [-0.05, 0) is 45.4 Å². The van der Waals surface area contributed by atoms with Gasteiger partial charge in [-0.25, -0.2) is 17.5 Å². The molecule has 0 radical (unpaired) electrons. The third-order valence-corrected chi connectivity index (χ3v) is 5.23. The third kappa shape index (κ3) is 4.54. The van der Waals surface area contributed by atoms with Crippen LogP contribution in [0.2, 0.25) is 0 Å². The first kappa shape index (κ1) is 17.7. The van der Waals surface area contributed by atoms with Crippen LogP contribution in [-0.2, 0) is 10.0 Å². The lowest BCUT2D eigenvalue weighted by atomic mass is 10.1. The molecule has 1 N–H and O–H groups in total. The molecule has 0 heterocycles. The molecule has 0 spiro atoms. The minimum absolute atomic E-state index is 0.0780. The molecule has 0 aliphatic heterocycles. The van der Waals surface area contributed by atoms with Crippen molar-refractivity contribution in [2.24, 2.45) is 0 Å². The van der Waals surface area contributed by atoms with Crippen molar-refractivity contribution < 1.29 is 17.5 Å². The van der Waals surface area contributed by atoms with E-state index in [0.717, 1.165) is 0 Å². The van der Waals surface area contributed by atoms with Gasteiger partial charge in [0.1, 0.15) is 6.61 Å². The molecule has 0 amide bonds. The average Bonchev–Trinajstić information content (AvgIpc) is 2.35. The maximum Gasteiger partial charge on any atom is 0.217 e. The molecule has 0 aliphatic carbocycles. The SMILES string of the molecule is C=CCOc1cc([C@H](C)NS(=O)(=O)C(C)(C)C)ccc1F. The summed E-state index contributed by atoms with van der Waals surface area (Å²) in [4.78, 5) is 0. The standard InChI is InChI=1S/C15H22FNO3S/c1-6-9-20-14-10-12(7-8-13(14)16)11(2)17-21(18,19)15(3,4)5/h6-8,10-11,17H,1,9H2,2-5H3/t11-/m0/s1. The molecule has 0 bridgehead atoms. The van der Waals surface area contributed by atoms with Crippen LogP contribution in [0, 0.1) is 5.82 Å². The van der Waals surface area contributed by atoms with E-state index < -0.39 is 26.6 Å². The number of rotatable bonds is 6. The van der Waals surface area contributed by atoms with Gasteiger partial charge >= 0.3 is 0 Å². The second-order valence-corrected chi connectivity index (χ2v) is 8.21. The Morgan fingerprint density at radius 1 is 1.43 bits per heavy atom. The van der Waals surface area contributed by atoms with Crippen LogP contribution in [0.3, 0.4) is 0 Å². The van der Waals surface area contributed by atoms with E-state index in [1.54, 1.807) is 27.7 Å². The molecule has 1 aromatic carbocycles. The van der Waals surface area contributed by atoms with Gasteiger partial charge < -0.3 is 4.74 Å². The molecule has 1 aromatic rings. The van der Waals surface area contributed by atoms with Crippen molar-refractivity contribution in [2.75, 3.05) is 6.61 Å². The highest BCUT2D eigenvalue weighted by molar-refractivity contribution is 7.90. The third-order valence-electron chi connectivity index (χ3n) is 2.95. The topological polar surface area (TPSA) is 55.4 Å². The quantitative estimate of drug-likeness (QED) is 0.820. The summed E-state index contributed by atoms with van der Waals surface area (Å²) in [7, 11) is -3.49. The van der Waals surface area contributed by atoms with E-state index in [1.165, 1.54) is 24.3 Å². The Bertz CT molecular complexity index is 606. The van der Waals surface area contributed by atoms with Crippen molar-refractivity contribution in [1.82, 2.24) is 4.72 Å². The van der Waals surface area contributed by atoms with Gasteiger partial charge in [-0.2, -0.15) is 0 Å². The molecule has 0 aromatic heterocycles. The summed E-state index contributed by atoms with van der Waals surface area (Å²) in [5, 5.41) is 0. The Morgan fingerprint density at radius 3 is 2.57 bits per heavy atom. The summed E-state index contributed by atoms with van der Waals surface area (Å²) < 4.78 is 44.7. The zero-order valence-corrected chi connectivity index (χ0v) is 13.6. The second kappa shape index (κ2) is 6.58. The Kier molecular flexibility index (Phi) is 5.53. The molecule has 0 saturated carbocycles. The van der Waals surface area contributed by atoms with E-state index in [-0.39, 0.29) is 12.4 Å². The summed E-state index contributed by atoms with van der Waals surface area (Å²) in [5.74, 6) is -0.416. The first-order chi connectivity index (χ1) is 9.58. The smallest absolute Gasteiger partial charge is 0.217 e. The predicted molar refractivity (Wildman–Crippen MR) is 82.3 cm³/mol. The molecular formula is C15H22FNO3S. The number of sulfonamides is 1. The van der Waals surface area contributed by atoms with E-state index in [1.807, 2.05) is 0 Å². The Morgan fingerprint density at radius 2 is 2.05 bits per heavy atom. The van der Waals surface area contributed by atoms with E-state index in [9.17, 15) is 12.8 Å². The summed E-state index contributed by atoms with van der Waals surface area (Å²) >= 11 is 0. The van der Waals surface area contributed by atoms with Gasteiger partial charge in [-0.15, -0.1) is 0 Å². The Labute approximate surface area is 126 Å². The Balaban J connectivity index is 2.98. The number of halogens is 1. The fourth-order valence-electron chi connectivity index (χ4n) is 1.53. The molecule has 0 fully saturated rings. The lowest BCUT2D eigenvalue weighted by Crippen LogP contribution is -2.40. The average molecular weight is 315 g/mol. The van der Waals surface area contributed by atoms with Gasteiger partial charge in [0.05, 0.1) is 4.75 Å². The maximum absolute atomic E-state index is 13.6. The lowest BCUT2D eigenvalue weighted by Gasteiger charge is -2.23. The fraction of sp³-hybridized carbons (Fsp3) is 0.467. The maximum atomic E-state index is 13.6. The van der Waals surface area contributed by atoms with Crippen molar-refractivity contribution in [3.63, 3.8) is 0 Å². The van der Waals surface area contributed by atoms with Gasteiger partial charge in [0, 0.05) is 6.04 Å². The van der Waals surface area contributed by atoms with Crippen LogP contribution in [-0.4, -0.2) is 19.8 Å². The number of ether oxygens (including phenoxy) is 1. The van der Waals surface area contributed by atoms with Crippen LogP contribution in [0.15, 0.2) is 30.9 Å². The second-order valence-electron chi connectivity index (χ2n) is 5.74. The summed E-state index contributed by atoms with van der Waals surface area (Å²) in [6.07, 6.45) is 1.51. The van der Waals surface area contributed by atoms with E-state index >= 15 is 0 Å². The molecule has 0 saturated heterocycles. The van der Waals surface area contributed by atoms with Crippen molar-refractivity contribution in [1.29, 1.82) is 0 Å². The normalized spacial score (nSPS) is 13.8. The molecule has 1 atom stereocenters. The molecule has 118 valence electrons. The van der Waals surface area contributed by atoms with Gasteiger partial charge in [-0.1, -0.05) is 18.7 Å². The molecular weight excluding hydrogens is 293 g/mol. The highest BCUT2D eigenvalue weighted by Crippen LogP contribution is 2.25. The lowest BCUT2D eigenvalue weighted by molar-refractivity contribution is 0.341. The van der Waals surface area contributed by atoms with Gasteiger partial charge in [0.2, 0.25) is 10.0 Å². The number of hydrogen-bond donors (Lipinski definition) is 1. The monoisotopic (exact) mass is 315 g/mol. The molecule has 4 nitrogen and oxygen atoms in total. The zero-order chi connectivity index (χ0) is 16.3. The first-order valence-corrected chi connectivity index (χ1v) is 8.12. The van der Waals surface area contributed by atoms with Gasteiger partial charge in [0.15, 0.2) is 11.6 Å². The highest BCUT2D eigenvalue weighted by Gasteiger charge is 2.30. The van der Waals surface area contributed by atoms with Crippen molar-refractivity contribution in [3.05, 3.63) is 42.2 Å². The largest absolute Gasteiger partial charge is 0.486 e. The van der Waals surface area contributed by atoms with Crippen molar-refractivity contribution in [2.45, 2.75) is 38.5 Å². The van der Waals surface area contributed by atoms with Crippen LogP contribution in [0.5, 0.6) is 5.75 Å². The zero-order valence-electron chi connectivity index (χ0n) is 12.8. The van der Waals surface area contributed by atoms with Crippen LogP contribution in [0.25, 0.3) is 0 Å². The van der Waals surface area contributed by atoms with E-state index in [4.69, 9.17) is 4.74 Å². The highest BCUT2D eigenvalue weighted by atomic mass is 32.2. The molecule has 0 unspecified atom stereocenters.